The summed E-state index contributed by atoms with van der Waals surface area (Å²) in [6, 6.07) is 11.2. The molecule has 0 radical (unpaired) electrons. The van der Waals surface area contributed by atoms with Crippen LogP contribution in [0.25, 0.3) is 0 Å². The normalized spacial score (nSPS) is 12.0. The van der Waals surface area contributed by atoms with E-state index in [-0.39, 0.29) is 12.2 Å². The number of aliphatic hydroxyl groups excluding tert-OH is 1. The molecule has 2 N–H and O–H groups in total. The predicted molar refractivity (Wildman–Crippen MR) is 85.5 cm³/mol. The van der Waals surface area contributed by atoms with Crippen LogP contribution in [0.4, 0.5) is 10.1 Å². The number of amides is 1. The van der Waals surface area contributed by atoms with Gasteiger partial charge in [-0.25, -0.2) is 4.39 Å². The molecule has 5 heteroatoms. The van der Waals surface area contributed by atoms with Crippen LogP contribution in [0.15, 0.2) is 42.5 Å². The van der Waals surface area contributed by atoms with E-state index in [0.29, 0.717) is 17.1 Å². The smallest absolute Gasteiger partial charge is 0.253 e. The highest BCUT2D eigenvalue weighted by Gasteiger charge is 2.16. The molecule has 2 rings (SSSR count). The fourth-order valence-corrected chi connectivity index (χ4v) is 2.20. The van der Waals surface area contributed by atoms with Crippen molar-refractivity contribution in [2.24, 2.45) is 0 Å². The molecule has 1 amide bonds. The molecule has 0 saturated carbocycles. The highest BCUT2D eigenvalue weighted by Crippen LogP contribution is 2.20. The molecular weight excluding hydrogens is 305 g/mol. The number of benzene rings is 2. The quantitative estimate of drug-likeness (QED) is 0.881. The first kappa shape index (κ1) is 16.5. The van der Waals surface area contributed by atoms with Crippen LogP contribution >= 0.6 is 11.6 Å². The van der Waals surface area contributed by atoms with Gasteiger partial charge in [0.15, 0.2) is 0 Å². The molecule has 0 heterocycles. The number of halogens is 2. The number of carbonyl (C=O) groups excluding carboxylic acids is 1. The zero-order chi connectivity index (χ0) is 16.1. The first-order valence-corrected chi connectivity index (χ1v) is 7.33. The molecule has 22 heavy (non-hydrogen) atoms. The van der Waals surface area contributed by atoms with Crippen molar-refractivity contribution in [1.29, 1.82) is 0 Å². The Balaban J connectivity index is 1.91. The van der Waals surface area contributed by atoms with Gasteiger partial charge in [0, 0.05) is 10.7 Å². The summed E-state index contributed by atoms with van der Waals surface area (Å²) in [5.41, 5.74) is 2.31. The van der Waals surface area contributed by atoms with E-state index in [2.05, 4.69) is 5.32 Å². The van der Waals surface area contributed by atoms with Crippen LogP contribution in [-0.2, 0) is 11.2 Å². The van der Waals surface area contributed by atoms with Gasteiger partial charge in [0.05, 0.1) is 0 Å². The van der Waals surface area contributed by atoms with E-state index >= 15 is 0 Å². The van der Waals surface area contributed by atoms with E-state index in [1.165, 1.54) is 12.1 Å². The van der Waals surface area contributed by atoms with Crippen LogP contribution in [0.3, 0.4) is 0 Å². The Kier molecular flexibility index (Phi) is 5.52. The van der Waals surface area contributed by atoms with E-state index in [1.807, 2.05) is 6.92 Å². The van der Waals surface area contributed by atoms with E-state index in [9.17, 15) is 14.3 Å². The first-order valence-electron chi connectivity index (χ1n) is 6.95. The van der Waals surface area contributed by atoms with Gasteiger partial charge in [-0.1, -0.05) is 29.8 Å². The summed E-state index contributed by atoms with van der Waals surface area (Å²) in [6.07, 6.45) is -0.385. The van der Waals surface area contributed by atoms with Gasteiger partial charge in [-0.15, -0.1) is 0 Å². The minimum absolute atomic E-state index is 0.261. The number of hydrogen-bond acceptors (Lipinski definition) is 2. The van der Waals surface area contributed by atoms with Crippen molar-refractivity contribution < 1.29 is 14.3 Å². The SMILES string of the molecule is Cc1ccc(Cl)cc1NC(=O)[C@H](O)CCc1ccc(F)cc1. The Labute approximate surface area is 133 Å². The van der Waals surface area contributed by atoms with Crippen molar-refractivity contribution in [2.45, 2.75) is 25.9 Å². The second kappa shape index (κ2) is 7.38. The lowest BCUT2D eigenvalue weighted by atomic mass is 10.1. The van der Waals surface area contributed by atoms with Gasteiger partial charge in [-0.3, -0.25) is 4.79 Å². The average molecular weight is 322 g/mol. The van der Waals surface area contributed by atoms with Gasteiger partial charge in [-0.05, 0) is 55.2 Å². The molecule has 0 aliphatic heterocycles. The van der Waals surface area contributed by atoms with Gasteiger partial charge < -0.3 is 10.4 Å². The Hall–Kier alpha value is -1.91. The maximum atomic E-state index is 12.8. The maximum absolute atomic E-state index is 12.8. The monoisotopic (exact) mass is 321 g/mol. The molecule has 0 fully saturated rings. The minimum Gasteiger partial charge on any atom is -0.383 e. The summed E-state index contributed by atoms with van der Waals surface area (Å²) in [6.45, 7) is 1.84. The zero-order valence-electron chi connectivity index (χ0n) is 12.1. The van der Waals surface area contributed by atoms with Crippen LogP contribution in [-0.4, -0.2) is 17.1 Å². The predicted octanol–water partition coefficient (Wildman–Crippen LogP) is 3.72. The van der Waals surface area contributed by atoms with E-state index in [4.69, 9.17) is 11.6 Å². The summed E-state index contributed by atoms with van der Waals surface area (Å²) in [4.78, 5) is 12.0. The largest absolute Gasteiger partial charge is 0.383 e. The molecular formula is C17H17ClFNO2. The molecule has 0 unspecified atom stereocenters. The Morgan fingerprint density at radius 1 is 1.27 bits per heavy atom. The Morgan fingerprint density at radius 3 is 2.64 bits per heavy atom. The topological polar surface area (TPSA) is 49.3 Å². The van der Waals surface area contributed by atoms with Crippen LogP contribution in [0.1, 0.15) is 17.5 Å². The van der Waals surface area contributed by atoms with Crippen LogP contribution in [0, 0.1) is 12.7 Å². The molecule has 0 saturated heterocycles. The maximum Gasteiger partial charge on any atom is 0.253 e. The van der Waals surface area contributed by atoms with Crippen molar-refractivity contribution in [3.8, 4) is 0 Å². The van der Waals surface area contributed by atoms with E-state index < -0.39 is 12.0 Å². The molecule has 1 atom stereocenters. The second-order valence-electron chi connectivity index (χ2n) is 5.13. The molecule has 3 nitrogen and oxygen atoms in total. The van der Waals surface area contributed by atoms with Crippen molar-refractivity contribution in [1.82, 2.24) is 0 Å². The number of anilines is 1. The third kappa shape index (κ3) is 4.55. The van der Waals surface area contributed by atoms with Crippen molar-refractivity contribution in [3.05, 3.63) is 64.4 Å². The average Bonchev–Trinajstić information content (AvgIpc) is 2.50. The summed E-state index contributed by atoms with van der Waals surface area (Å²) < 4.78 is 12.8. The number of carbonyl (C=O) groups is 1. The molecule has 0 bridgehead atoms. The standard InChI is InChI=1S/C17H17ClFNO2/c1-11-2-6-13(18)10-15(11)20-17(22)16(21)9-5-12-3-7-14(19)8-4-12/h2-4,6-8,10,16,21H,5,9H2,1H3,(H,20,22)/t16-/m1/s1. The van der Waals surface area contributed by atoms with Gasteiger partial charge in [0.25, 0.3) is 5.91 Å². The van der Waals surface area contributed by atoms with Gasteiger partial charge in [-0.2, -0.15) is 0 Å². The molecule has 0 spiro atoms. The first-order chi connectivity index (χ1) is 10.5. The summed E-state index contributed by atoms with van der Waals surface area (Å²) in [7, 11) is 0. The zero-order valence-corrected chi connectivity index (χ0v) is 12.9. The fourth-order valence-electron chi connectivity index (χ4n) is 2.03. The molecule has 116 valence electrons. The van der Waals surface area contributed by atoms with E-state index in [0.717, 1.165) is 11.1 Å². The van der Waals surface area contributed by atoms with Crippen LogP contribution < -0.4 is 5.32 Å². The fraction of sp³-hybridized carbons (Fsp3) is 0.235. The van der Waals surface area contributed by atoms with Crippen molar-refractivity contribution in [3.63, 3.8) is 0 Å². The minimum atomic E-state index is -1.14. The third-order valence-electron chi connectivity index (χ3n) is 3.38. The number of aryl methyl sites for hydroxylation is 2. The van der Waals surface area contributed by atoms with Crippen LogP contribution in [0.5, 0.6) is 0 Å². The Morgan fingerprint density at radius 2 is 1.95 bits per heavy atom. The highest BCUT2D eigenvalue weighted by molar-refractivity contribution is 6.31. The highest BCUT2D eigenvalue weighted by atomic mass is 35.5. The van der Waals surface area contributed by atoms with Gasteiger partial charge in [0.2, 0.25) is 0 Å². The molecule has 2 aromatic rings. The molecule has 2 aromatic carbocycles. The van der Waals surface area contributed by atoms with Crippen molar-refractivity contribution >= 4 is 23.2 Å². The molecule has 0 aromatic heterocycles. The second-order valence-corrected chi connectivity index (χ2v) is 5.57. The number of aliphatic hydroxyl groups is 1. The van der Waals surface area contributed by atoms with E-state index in [1.54, 1.807) is 30.3 Å². The number of nitrogens with one attached hydrogen (secondary N) is 1. The van der Waals surface area contributed by atoms with Crippen molar-refractivity contribution in [2.75, 3.05) is 5.32 Å². The van der Waals surface area contributed by atoms with Gasteiger partial charge >= 0.3 is 0 Å². The lowest BCUT2D eigenvalue weighted by molar-refractivity contribution is -0.124. The summed E-state index contributed by atoms with van der Waals surface area (Å²) in [5.74, 6) is -0.786. The summed E-state index contributed by atoms with van der Waals surface area (Å²) in [5, 5.41) is 13.1. The number of hydrogen-bond donors (Lipinski definition) is 2. The molecule has 0 aliphatic rings. The number of rotatable bonds is 5. The summed E-state index contributed by atoms with van der Waals surface area (Å²) >= 11 is 5.89. The lowest BCUT2D eigenvalue weighted by Gasteiger charge is -2.13. The third-order valence-corrected chi connectivity index (χ3v) is 3.61. The Bertz CT molecular complexity index is 658. The van der Waals surface area contributed by atoms with Gasteiger partial charge in [0.1, 0.15) is 11.9 Å². The lowest BCUT2D eigenvalue weighted by Crippen LogP contribution is -2.28. The molecule has 0 aliphatic carbocycles. The van der Waals surface area contributed by atoms with Crippen LogP contribution in [0.2, 0.25) is 5.02 Å².